The maximum absolute atomic E-state index is 5.46. The molecule has 0 saturated heterocycles. The Balaban J connectivity index is 1.71. The molecule has 2 aromatic heterocycles. The van der Waals surface area contributed by atoms with E-state index in [9.17, 15) is 0 Å². The van der Waals surface area contributed by atoms with Gasteiger partial charge in [-0.15, -0.1) is 6.58 Å². The standard InChI is InChI=1S/C17H21N7S/c1-4-9-22-12-20-24(17(22)25)13-21(3)14(2)15-5-7-16(8-6-15)23-11-18-10-19-23/h4-8,10-12,14H,1,9,13H2,2-3H3/p+1/t14-/m0/s1. The Labute approximate surface area is 151 Å². The van der Waals surface area contributed by atoms with Crippen LogP contribution in [0, 0.1) is 4.77 Å². The second-order valence-electron chi connectivity index (χ2n) is 6.01. The summed E-state index contributed by atoms with van der Waals surface area (Å²) in [6.45, 7) is 7.32. The van der Waals surface area contributed by atoms with E-state index in [-0.39, 0.29) is 0 Å². The van der Waals surface area contributed by atoms with Crippen LogP contribution >= 0.6 is 12.2 Å². The van der Waals surface area contributed by atoms with Crippen LogP contribution in [0.25, 0.3) is 5.69 Å². The third-order valence-electron chi connectivity index (χ3n) is 4.34. The molecule has 0 fully saturated rings. The molecule has 0 saturated carbocycles. The Kier molecular flexibility index (Phi) is 5.20. The average Bonchev–Trinajstić information content (AvgIpc) is 3.27. The molecule has 0 amide bonds. The monoisotopic (exact) mass is 356 g/mol. The molecule has 0 spiro atoms. The van der Waals surface area contributed by atoms with E-state index in [0.717, 1.165) is 5.69 Å². The number of quaternary nitrogens is 1. The lowest BCUT2D eigenvalue weighted by atomic mass is 10.1. The normalized spacial score (nSPS) is 13.5. The summed E-state index contributed by atoms with van der Waals surface area (Å²) in [4.78, 5) is 5.27. The maximum Gasteiger partial charge on any atom is 0.202 e. The summed E-state index contributed by atoms with van der Waals surface area (Å²) in [5, 5.41) is 8.53. The smallest absolute Gasteiger partial charge is 0.202 e. The highest BCUT2D eigenvalue weighted by atomic mass is 32.1. The Morgan fingerprint density at radius 3 is 2.64 bits per heavy atom. The van der Waals surface area contributed by atoms with Crippen LogP contribution in [0.4, 0.5) is 0 Å². The zero-order chi connectivity index (χ0) is 17.8. The highest BCUT2D eigenvalue weighted by molar-refractivity contribution is 7.71. The number of nitrogens with zero attached hydrogens (tertiary/aromatic N) is 6. The molecule has 0 radical (unpaired) electrons. The summed E-state index contributed by atoms with van der Waals surface area (Å²) in [5.74, 6) is 0. The fourth-order valence-electron chi connectivity index (χ4n) is 2.66. The van der Waals surface area contributed by atoms with Gasteiger partial charge in [0.2, 0.25) is 4.77 Å². The van der Waals surface area contributed by atoms with Crippen molar-refractivity contribution in [3.8, 4) is 5.69 Å². The minimum Gasteiger partial charge on any atom is -0.313 e. The molecule has 0 aliphatic heterocycles. The highest BCUT2D eigenvalue weighted by Crippen LogP contribution is 2.13. The van der Waals surface area contributed by atoms with Gasteiger partial charge in [0, 0.05) is 12.1 Å². The van der Waals surface area contributed by atoms with Gasteiger partial charge in [-0.3, -0.25) is 0 Å². The van der Waals surface area contributed by atoms with Gasteiger partial charge in [-0.05, 0) is 31.3 Å². The number of hydrogen-bond acceptors (Lipinski definition) is 4. The molecular weight excluding hydrogens is 334 g/mol. The van der Waals surface area contributed by atoms with E-state index in [0.29, 0.717) is 24.0 Å². The van der Waals surface area contributed by atoms with Gasteiger partial charge in [-0.1, -0.05) is 18.2 Å². The second-order valence-corrected chi connectivity index (χ2v) is 6.38. The van der Waals surface area contributed by atoms with Crippen LogP contribution in [0.2, 0.25) is 0 Å². The van der Waals surface area contributed by atoms with Crippen LogP contribution < -0.4 is 4.90 Å². The largest absolute Gasteiger partial charge is 0.313 e. The summed E-state index contributed by atoms with van der Waals surface area (Å²) in [5.41, 5.74) is 2.25. The SMILES string of the molecule is C=CCn1cnn(C[NH+](C)[C@@H](C)c2ccc(-n3cncn3)cc2)c1=S. The van der Waals surface area contributed by atoms with E-state index in [2.05, 4.69) is 60.0 Å². The molecule has 3 aromatic rings. The summed E-state index contributed by atoms with van der Waals surface area (Å²) < 4.78 is 6.23. The molecule has 25 heavy (non-hydrogen) atoms. The molecule has 3 rings (SSSR count). The summed E-state index contributed by atoms with van der Waals surface area (Å²) in [7, 11) is 2.14. The van der Waals surface area contributed by atoms with Crippen molar-refractivity contribution in [1.29, 1.82) is 0 Å². The van der Waals surface area contributed by atoms with Crippen molar-refractivity contribution in [3.05, 3.63) is 66.2 Å². The van der Waals surface area contributed by atoms with Gasteiger partial charge in [-0.25, -0.2) is 9.67 Å². The first-order chi connectivity index (χ1) is 12.1. The van der Waals surface area contributed by atoms with E-state index in [4.69, 9.17) is 12.2 Å². The Morgan fingerprint density at radius 2 is 2.00 bits per heavy atom. The molecule has 1 N–H and O–H groups in total. The predicted octanol–water partition coefficient (Wildman–Crippen LogP) is 1.41. The molecule has 8 heteroatoms. The summed E-state index contributed by atoms with van der Waals surface area (Å²) >= 11 is 5.46. The van der Waals surface area contributed by atoms with E-state index >= 15 is 0 Å². The van der Waals surface area contributed by atoms with Gasteiger partial charge in [0.25, 0.3) is 0 Å². The molecule has 130 valence electrons. The molecule has 2 atom stereocenters. The number of benzene rings is 1. The lowest BCUT2D eigenvalue weighted by molar-refractivity contribution is -0.933. The predicted molar refractivity (Wildman–Crippen MR) is 97.9 cm³/mol. The maximum atomic E-state index is 5.46. The molecular formula is C17H22N7S+. The van der Waals surface area contributed by atoms with Crippen molar-refractivity contribution in [2.24, 2.45) is 0 Å². The van der Waals surface area contributed by atoms with E-state index in [1.54, 1.807) is 17.3 Å². The Morgan fingerprint density at radius 1 is 1.24 bits per heavy atom. The van der Waals surface area contributed by atoms with Crippen molar-refractivity contribution < 1.29 is 4.90 Å². The summed E-state index contributed by atoms with van der Waals surface area (Å²) in [6.07, 6.45) is 6.80. The van der Waals surface area contributed by atoms with Crippen molar-refractivity contribution in [2.75, 3.05) is 7.05 Å². The lowest BCUT2D eigenvalue weighted by Gasteiger charge is -2.22. The molecule has 0 aliphatic carbocycles. The van der Waals surface area contributed by atoms with Gasteiger partial charge in [0.15, 0.2) is 6.67 Å². The number of nitrogens with one attached hydrogen (secondary N) is 1. The molecule has 7 nitrogen and oxygen atoms in total. The Bertz CT molecular complexity index is 877. The highest BCUT2D eigenvalue weighted by Gasteiger charge is 2.17. The van der Waals surface area contributed by atoms with Crippen LogP contribution in [-0.2, 0) is 13.2 Å². The quantitative estimate of drug-likeness (QED) is 0.514. The van der Waals surface area contributed by atoms with Gasteiger partial charge in [0.1, 0.15) is 25.0 Å². The number of rotatable bonds is 7. The van der Waals surface area contributed by atoms with E-state index < -0.39 is 0 Å². The van der Waals surface area contributed by atoms with Crippen LogP contribution in [-0.4, -0.2) is 36.2 Å². The van der Waals surface area contributed by atoms with Crippen molar-refractivity contribution in [2.45, 2.75) is 26.2 Å². The minimum absolute atomic E-state index is 0.302. The van der Waals surface area contributed by atoms with Crippen LogP contribution in [0.3, 0.4) is 0 Å². The van der Waals surface area contributed by atoms with Crippen molar-refractivity contribution >= 4 is 12.2 Å². The van der Waals surface area contributed by atoms with Crippen LogP contribution in [0.1, 0.15) is 18.5 Å². The summed E-state index contributed by atoms with van der Waals surface area (Å²) in [6, 6.07) is 8.66. The molecule has 0 bridgehead atoms. The van der Waals surface area contributed by atoms with Crippen LogP contribution in [0.5, 0.6) is 0 Å². The van der Waals surface area contributed by atoms with Crippen molar-refractivity contribution in [3.63, 3.8) is 0 Å². The van der Waals surface area contributed by atoms with Gasteiger partial charge in [0.05, 0.1) is 12.7 Å². The first-order valence-electron chi connectivity index (χ1n) is 8.10. The third-order valence-corrected chi connectivity index (χ3v) is 4.78. The van der Waals surface area contributed by atoms with E-state index in [1.165, 1.54) is 16.8 Å². The number of aromatic nitrogens is 6. The lowest BCUT2D eigenvalue weighted by Crippen LogP contribution is -3.08. The Hall–Kier alpha value is -2.58. The molecule has 2 heterocycles. The van der Waals surface area contributed by atoms with Crippen molar-refractivity contribution in [1.82, 2.24) is 29.1 Å². The van der Waals surface area contributed by atoms with Gasteiger partial charge < -0.3 is 9.47 Å². The molecule has 0 aliphatic rings. The fourth-order valence-corrected chi connectivity index (χ4v) is 2.89. The van der Waals surface area contributed by atoms with Gasteiger partial charge in [-0.2, -0.15) is 14.9 Å². The number of allylic oxidation sites excluding steroid dienone is 1. The molecule has 1 unspecified atom stereocenters. The van der Waals surface area contributed by atoms with Gasteiger partial charge >= 0.3 is 0 Å². The second kappa shape index (κ2) is 7.54. The zero-order valence-corrected chi connectivity index (χ0v) is 15.2. The molecule has 1 aromatic carbocycles. The van der Waals surface area contributed by atoms with Crippen LogP contribution in [0.15, 0.2) is 55.9 Å². The fraction of sp³-hybridized carbons (Fsp3) is 0.294. The first kappa shape index (κ1) is 17.2. The van der Waals surface area contributed by atoms with E-state index in [1.807, 2.05) is 15.3 Å². The zero-order valence-electron chi connectivity index (χ0n) is 14.4. The topological polar surface area (TPSA) is 57.9 Å². The third kappa shape index (κ3) is 3.75. The number of hydrogen-bond donors (Lipinski definition) is 1. The minimum atomic E-state index is 0.302. The first-order valence-corrected chi connectivity index (χ1v) is 8.51. The average molecular weight is 356 g/mol.